The third kappa shape index (κ3) is 215. The van der Waals surface area contributed by atoms with Gasteiger partial charge in [-0.25, -0.2) is 0 Å². The average molecular weight is 126 g/mol. The third-order valence-electron chi connectivity index (χ3n) is 0. The predicted octanol–water partition coefficient (Wildman–Crippen LogP) is -8.33. The van der Waals surface area contributed by atoms with Gasteiger partial charge in [-0.1, -0.05) is 0 Å². The topological polar surface area (TPSA) is 47.6 Å². The molecule has 0 spiro atoms. The third-order valence-corrected chi connectivity index (χ3v) is 0. The van der Waals surface area contributed by atoms with Crippen molar-refractivity contribution in [2.45, 2.75) is 0 Å². The van der Waals surface area contributed by atoms with Crippen molar-refractivity contribution in [3.8, 4) is 11.9 Å². The van der Waals surface area contributed by atoms with E-state index >= 15 is 0 Å². The molecule has 0 fully saturated rings. The Morgan fingerprint density at radius 3 is 0.875 bits per heavy atom. The van der Waals surface area contributed by atoms with E-state index in [1.54, 1.807) is 0 Å². The number of rotatable bonds is 0. The van der Waals surface area contributed by atoms with Gasteiger partial charge in [0.15, 0.2) is 0 Å². The van der Waals surface area contributed by atoms with Crippen molar-refractivity contribution < 1.29 is 59.1 Å². The van der Waals surface area contributed by atoms with Crippen LogP contribution in [0.1, 0.15) is 0 Å². The molecule has 0 N–H and O–H groups in total. The molecule has 0 aliphatic heterocycles. The van der Waals surface area contributed by atoms with Crippen LogP contribution >= 0.6 is 0 Å². The zero-order chi connectivity index (χ0) is 5.41. The zero-order valence-corrected chi connectivity index (χ0v) is 7.89. The van der Waals surface area contributed by atoms with Gasteiger partial charge >= 0.3 is 59.1 Å². The zero-order valence-electron chi connectivity index (χ0n) is 3.89. The molecule has 8 heavy (non-hydrogen) atoms. The largest absolute Gasteiger partial charge is 1.00 e. The van der Waals surface area contributed by atoms with Gasteiger partial charge in [0.2, 0.25) is 0 Å². The molecule has 0 unspecified atom stereocenters. The van der Waals surface area contributed by atoms with E-state index in [4.69, 9.17) is 10.5 Å². The van der Waals surface area contributed by atoms with Gasteiger partial charge < -0.3 is 0 Å². The van der Waals surface area contributed by atoms with E-state index in [9.17, 15) is 0 Å². The van der Waals surface area contributed by atoms with Crippen LogP contribution in [0.15, 0.2) is 0 Å². The summed E-state index contributed by atoms with van der Waals surface area (Å²) in [7, 11) is 0.139. The molecular formula is C2H6B2N2Na2. The van der Waals surface area contributed by atoms with Crippen LogP contribution in [0.4, 0.5) is 0 Å². The van der Waals surface area contributed by atoms with Gasteiger partial charge in [-0.05, 0) is 0 Å². The molecule has 0 aromatic rings. The van der Waals surface area contributed by atoms with Gasteiger partial charge in [0.05, 0.1) is 15.7 Å². The summed E-state index contributed by atoms with van der Waals surface area (Å²) < 4.78 is 0. The van der Waals surface area contributed by atoms with Crippen LogP contribution in [0.2, 0.25) is 0 Å². The quantitative estimate of drug-likeness (QED) is 0.302. The summed E-state index contributed by atoms with van der Waals surface area (Å²) in [5.41, 5.74) is 0. The molecule has 32 valence electrons. The summed E-state index contributed by atoms with van der Waals surface area (Å²) in [6.07, 6.45) is 0. The molecule has 0 saturated carbocycles. The Kier molecular flexibility index (Phi) is 122. The van der Waals surface area contributed by atoms with E-state index < -0.39 is 0 Å². The van der Waals surface area contributed by atoms with Crippen LogP contribution in [-0.4, -0.2) is 15.7 Å². The molecule has 2 nitrogen and oxygen atoms in total. The Morgan fingerprint density at radius 2 is 0.875 bits per heavy atom. The first kappa shape index (κ1) is 22.9. The van der Waals surface area contributed by atoms with Crippen molar-refractivity contribution in [2.75, 3.05) is 0 Å². The van der Waals surface area contributed by atoms with E-state index in [2.05, 4.69) is 0 Å². The summed E-state index contributed by atoms with van der Waals surface area (Å²) in [5.74, 6) is 4.00. The molecule has 0 atom stereocenters. The monoisotopic (exact) mass is 126 g/mol. The second-order valence-electron chi connectivity index (χ2n) is 0. The Morgan fingerprint density at radius 1 is 0.875 bits per heavy atom. The van der Waals surface area contributed by atoms with E-state index in [1.165, 1.54) is 0 Å². The van der Waals surface area contributed by atoms with E-state index in [0.717, 1.165) is 0 Å². The number of hydrogen-bond acceptors (Lipinski definition) is 2. The second-order valence-corrected chi connectivity index (χ2v) is 0. The Bertz CT molecular complexity index is 71.0. The van der Waals surface area contributed by atoms with E-state index in [1.807, 2.05) is 11.9 Å². The Balaban J connectivity index is -0.0000000160. The number of hydrogen-bond donors (Lipinski definition) is 0. The summed E-state index contributed by atoms with van der Waals surface area (Å²) in [6.45, 7) is 0. The Labute approximate surface area is 96.0 Å². The minimum Gasteiger partial charge on any atom is -0.251 e. The molecule has 0 radical (unpaired) electrons. The van der Waals surface area contributed by atoms with Gasteiger partial charge in [-0.3, -0.25) is 10.5 Å². The maximum absolute atomic E-state index is 7.43. The molecule has 0 aromatic carbocycles. The van der Waals surface area contributed by atoms with Crippen molar-refractivity contribution in [3.05, 3.63) is 0 Å². The van der Waals surface area contributed by atoms with E-state index in [0.29, 0.717) is 0 Å². The summed E-state index contributed by atoms with van der Waals surface area (Å²) in [6, 6.07) is 0. The van der Waals surface area contributed by atoms with Crippen molar-refractivity contribution >= 4 is 15.7 Å². The van der Waals surface area contributed by atoms with Crippen LogP contribution in [-0.2, 0) is 0 Å². The predicted molar refractivity (Wildman–Crippen MR) is 31.1 cm³/mol. The number of nitrogens with zero attached hydrogens (tertiary/aromatic N) is 2. The minimum absolute atomic E-state index is 0. The van der Waals surface area contributed by atoms with Gasteiger partial charge in [0, 0.05) is 0 Å². The van der Waals surface area contributed by atoms with Crippen molar-refractivity contribution in [1.82, 2.24) is 0 Å². The molecule has 0 aliphatic rings. The smallest absolute Gasteiger partial charge is 0.251 e. The van der Waals surface area contributed by atoms with E-state index in [-0.39, 0.29) is 74.8 Å². The maximum atomic E-state index is 7.43. The van der Waals surface area contributed by atoms with Crippen LogP contribution in [0.25, 0.3) is 0 Å². The summed E-state index contributed by atoms with van der Waals surface area (Å²) >= 11 is 0. The van der Waals surface area contributed by atoms with Crippen LogP contribution < -0.4 is 59.1 Å². The standard InChI is InChI=1S/2CH3BN.2Na/c2*2-1-3;;/h2*2H3;;/q2*-1;2*+1. The van der Waals surface area contributed by atoms with Crippen molar-refractivity contribution in [2.24, 2.45) is 0 Å². The molecule has 0 aromatic heterocycles. The van der Waals surface area contributed by atoms with Gasteiger partial charge in [-0.2, -0.15) is 11.9 Å². The van der Waals surface area contributed by atoms with Gasteiger partial charge in [0.1, 0.15) is 0 Å². The minimum atomic E-state index is 0. The maximum Gasteiger partial charge on any atom is 1.00 e. The van der Waals surface area contributed by atoms with Crippen molar-refractivity contribution in [1.29, 1.82) is 10.5 Å². The average Bonchev–Trinajstić information content (AvgIpc) is 1.39. The first-order valence-corrected chi connectivity index (χ1v) is 0.447. The Hall–Kier alpha value is 1.11. The van der Waals surface area contributed by atoms with Crippen LogP contribution in [0.3, 0.4) is 0 Å². The first-order valence-electron chi connectivity index (χ1n) is 0.447. The fourth-order valence-electron chi connectivity index (χ4n) is 0. The van der Waals surface area contributed by atoms with Gasteiger partial charge in [-0.15, -0.1) is 0 Å². The van der Waals surface area contributed by atoms with Crippen LogP contribution in [0.5, 0.6) is 0 Å². The fraction of sp³-hybridized carbons (Fsp3) is 0. The molecule has 0 rings (SSSR count). The normalized spacial score (nSPS) is 2.00. The fourth-order valence-corrected chi connectivity index (χ4v) is 0. The molecule has 6 heteroatoms. The van der Waals surface area contributed by atoms with Crippen molar-refractivity contribution in [3.63, 3.8) is 0 Å². The molecule has 0 saturated heterocycles. The molecule has 0 heterocycles. The molecule has 0 bridgehead atoms. The molecule has 0 aliphatic carbocycles. The summed E-state index contributed by atoms with van der Waals surface area (Å²) in [4.78, 5) is 0. The second kappa shape index (κ2) is 42.4. The van der Waals surface area contributed by atoms with Crippen LogP contribution in [0, 0.1) is 22.5 Å². The van der Waals surface area contributed by atoms with Gasteiger partial charge in [0.25, 0.3) is 0 Å². The first-order chi connectivity index (χ1) is 2.83. The summed E-state index contributed by atoms with van der Waals surface area (Å²) in [5, 5.41) is 14.9. The molecule has 0 amide bonds. The SMILES string of the molecule is [BH3-]C#N.[BH3-]C#N.[Na+].[Na+]. The number of nitriles is 2. The molecular weight excluding hydrogens is 120 g/mol.